The van der Waals surface area contributed by atoms with Crippen LogP contribution in [0.1, 0.15) is 19.3 Å². The fraction of sp³-hybridized carbons (Fsp3) is 0.643. The zero-order valence-corrected chi connectivity index (χ0v) is 13.2. The van der Waals surface area contributed by atoms with Gasteiger partial charge in [-0.25, -0.2) is 9.97 Å². The molecule has 1 aliphatic rings. The Balaban J connectivity index is 1.75. The first-order valence-corrected chi connectivity index (χ1v) is 8.67. The van der Waals surface area contributed by atoms with Gasteiger partial charge in [-0.15, -0.1) is 0 Å². The van der Waals surface area contributed by atoms with E-state index in [1.54, 1.807) is 24.2 Å². The number of piperidine rings is 1. The van der Waals surface area contributed by atoms with E-state index >= 15 is 0 Å². The standard InChI is InChI=1S/C14H23N5OS/c1-21-10-5-12(15)13(20)18-11-3-8-19(9-4-11)14-16-6-2-7-17-14/h2,6-7,11-12H,3-5,8-10,15H2,1H3,(H,18,20)/t12-/m0/s1. The summed E-state index contributed by atoms with van der Waals surface area (Å²) in [7, 11) is 0. The summed E-state index contributed by atoms with van der Waals surface area (Å²) in [6, 6.07) is 1.62. The summed E-state index contributed by atoms with van der Waals surface area (Å²) in [6.45, 7) is 1.71. The van der Waals surface area contributed by atoms with E-state index in [2.05, 4.69) is 20.2 Å². The molecule has 2 heterocycles. The summed E-state index contributed by atoms with van der Waals surface area (Å²) in [5.74, 6) is 1.65. The first-order chi connectivity index (χ1) is 10.2. The van der Waals surface area contributed by atoms with Crippen molar-refractivity contribution in [2.45, 2.75) is 31.3 Å². The Morgan fingerprint density at radius 2 is 2.14 bits per heavy atom. The molecule has 0 bridgehead atoms. The molecule has 2 rings (SSSR count). The van der Waals surface area contributed by atoms with Crippen molar-refractivity contribution in [3.05, 3.63) is 18.5 Å². The molecular formula is C14H23N5OS. The summed E-state index contributed by atoms with van der Waals surface area (Å²) in [5.41, 5.74) is 5.88. The monoisotopic (exact) mass is 309 g/mol. The highest BCUT2D eigenvalue weighted by molar-refractivity contribution is 7.98. The van der Waals surface area contributed by atoms with Crippen LogP contribution in [0.2, 0.25) is 0 Å². The summed E-state index contributed by atoms with van der Waals surface area (Å²) in [6.07, 6.45) is 8.05. The summed E-state index contributed by atoms with van der Waals surface area (Å²) in [5, 5.41) is 3.06. The van der Waals surface area contributed by atoms with E-state index in [1.807, 2.05) is 12.3 Å². The number of amides is 1. The molecule has 0 aromatic carbocycles. The van der Waals surface area contributed by atoms with Gasteiger partial charge in [0.15, 0.2) is 0 Å². The van der Waals surface area contributed by atoms with E-state index in [1.165, 1.54) is 0 Å². The molecule has 3 N–H and O–H groups in total. The third-order valence-electron chi connectivity index (χ3n) is 3.65. The van der Waals surface area contributed by atoms with Crippen LogP contribution in [0.3, 0.4) is 0 Å². The van der Waals surface area contributed by atoms with Crippen molar-refractivity contribution in [3.63, 3.8) is 0 Å². The van der Waals surface area contributed by atoms with Gasteiger partial charge in [0.05, 0.1) is 6.04 Å². The van der Waals surface area contributed by atoms with Gasteiger partial charge < -0.3 is 16.0 Å². The van der Waals surface area contributed by atoms with Gasteiger partial charge in [-0.3, -0.25) is 4.79 Å². The fourth-order valence-electron chi connectivity index (χ4n) is 2.36. The van der Waals surface area contributed by atoms with Crippen LogP contribution >= 0.6 is 11.8 Å². The average molecular weight is 309 g/mol. The van der Waals surface area contributed by atoms with Crippen molar-refractivity contribution in [2.24, 2.45) is 5.73 Å². The number of nitrogens with zero attached hydrogens (tertiary/aromatic N) is 3. The normalized spacial score (nSPS) is 17.5. The first kappa shape index (κ1) is 16.0. The molecule has 21 heavy (non-hydrogen) atoms. The van der Waals surface area contributed by atoms with Crippen LogP contribution in [-0.2, 0) is 4.79 Å². The number of nitrogens with one attached hydrogen (secondary N) is 1. The largest absolute Gasteiger partial charge is 0.352 e. The van der Waals surface area contributed by atoms with Gasteiger partial charge >= 0.3 is 0 Å². The zero-order chi connectivity index (χ0) is 15.1. The maximum atomic E-state index is 12.0. The van der Waals surface area contributed by atoms with Crippen LogP contribution in [0.4, 0.5) is 5.95 Å². The minimum absolute atomic E-state index is 0.0292. The van der Waals surface area contributed by atoms with Crippen molar-refractivity contribution >= 4 is 23.6 Å². The number of rotatable bonds is 6. The summed E-state index contributed by atoms with van der Waals surface area (Å²) in [4.78, 5) is 22.6. The van der Waals surface area contributed by atoms with Crippen LogP contribution in [-0.4, -0.2) is 53.1 Å². The van der Waals surface area contributed by atoms with Crippen molar-refractivity contribution in [1.29, 1.82) is 0 Å². The molecule has 0 aliphatic carbocycles. The molecule has 0 unspecified atom stereocenters. The third-order valence-corrected chi connectivity index (χ3v) is 4.29. The Bertz CT molecular complexity index is 436. The lowest BCUT2D eigenvalue weighted by atomic mass is 10.0. The first-order valence-electron chi connectivity index (χ1n) is 7.27. The predicted octanol–water partition coefficient (Wildman–Crippen LogP) is 0.642. The van der Waals surface area contributed by atoms with Gasteiger partial charge in [0.1, 0.15) is 0 Å². The average Bonchev–Trinajstić information content (AvgIpc) is 2.54. The molecule has 0 radical (unpaired) electrons. The lowest BCUT2D eigenvalue weighted by molar-refractivity contribution is -0.123. The number of hydrogen-bond acceptors (Lipinski definition) is 6. The molecular weight excluding hydrogens is 286 g/mol. The van der Waals surface area contributed by atoms with Gasteiger partial charge in [-0.2, -0.15) is 11.8 Å². The van der Waals surface area contributed by atoms with Crippen LogP contribution in [0.25, 0.3) is 0 Å². The van der Waals surface area contributed by atoms with E-state index < -0.39 is 6.04 Å². The highest BCUT2D eigenvalue weighted by Crippen LogP contribution is 2.15. The smallest absolute Gasteiger partial charge is 0.237 e. The molecule has 1 fully saturated rings. The molecule has 1 aliphatic heterocycles. The highest BCUT2D eigenvalue weighted by atomic mass is 32.2. The molecule has 1 amide bonds. The van der Waals surface area contributed by atoms with Crippen LogP contribution in [0, 0.1) is 0 Å². The maximum absolute atomic E-state index is 12.0. The van der Waals surface area contributed by atoms with Crippen molar-refractivity contribution < 1.29 is 4.79 Å². The van der Waals surface area contributed by atoms with Gasteiger partial charge in [0.2, 0.25) is 11.9 Å². The Morgan fingerprint density at radius 1 is 1.48 bits per heavy atom. The van der Waals surface area contributed by atoms with Gasteiger partial charge in [-0.1, -0.05) is 0 Å². The van der Waals surface area contributed by atoms with Crippen LogP contribution in [0.15, 0.2) is 18.5 Å². The molecule has 1 saturated heterocycles. The number of carbonyl (C=O) groups is 1. The Labute approximate surface area is 129 Å². The van der Waals surface area contributed by atoms with Gasteiger partial charge in [-0.05, 0) is 37.3 Å². The van der Waals surface area contributed by atoms with E-state index in [0.717, 1.165) is 44.1 Å². The second kappa shape index (κ2) is 8.19. The molecule has 116 valence electrons. The highest BCUT2D eigenvalue weighted by Gasteiger charge is 2.23. The Morgan fingerprint density at radius 3 is 2.76 bits per heavy atom. The quantitative estimate of drug-likeness (QED) is 0.802. The lowest BCUT2D eigenvalue weighted by Crippen LogP contribution is -2.50. The molecule has 7 heteroatoms. The fourth-order valence-corrected chi connectivity index (χ4v) is 2.85. The Kier molecular flexibility index (Phi) is 6.25. The minimum Gasteiger partial charge on any atom is -0.352 e. The molecule has 0 saturated carbocycles. The van der Waals surface area contributed by atoms with Crippen molar-refractivity contribution in [2.75, 3.05) is 30.0 Å². The topological polar surface area (TPSA) is 84.1 Å². The summed E-state index contributed by atoms with van der Waals surface area (Å²) < 4.78 is 0. The van der Waals surface area contributed by atoms with E-state index in [-0.39, 0.29) is 11.9 Å². The Hall–Kier alpha value is -1.34. The second-order valence-electron chi connectivity index (χ2n) is 5.21. The zero-order valence-electron chi connectivity index (χ0n) is 12.4. The number of thioether (sulfide) groups is 1. The molecule has 1 aromatic heterocycles. The number of anilines is 1. The van der Waals surface area contributed by atoms with Gasteiger partial charge in [0.25, 0.3) is 0 Å². The third kappa shape index (κ3) is 4.86. The van der Waals surface area contributed by atoms with E-state index in [0.29, 0.717) is 0 Å². The number of aromatic nitrogens is 2. The number of hydrogen-bond donors (Lipinski definition) is 2. The van der Waals surface area contributed by atoms with Gasteiger partial charge in [0, 0.05) is 31.5 Å². The second-order valence-corrected chi connectivity index (χ2v) is 6.19. The lowest BCUT2D eigenvalue weighted by Gasteiger charge is -2.32. The number of nitrogens with two attached hydrogens (primary N) is 1. The van der Waals surface area contributed by atoms with Crippen LogP contribution in [0.5, 0.6) is 0 Å². The molecule has 1 aromatic rings. The van der Waals surface area contributed by atoms with Crippen LogP contribution < -0.4 is 16.0 Å². The number of carbonyl (C=O) groups excluding carboxylic acids is 1. The predicted molar refractivity (Wildman–Crippen MR) is 86.4 cm³/mol. The van der Waals surface area contributed by atoms with E-state index in [4.69, 9.17) is 5.73 Å². The van der Waals surface area contributed by atoms with Crippen molar-refractivity contribution in [1.82, 2.24) is 15.3 Å². The molecule has 0 spiro atoms. The van der Waals surface area contributed by atoms with E-state index in [9.17, 15) is 4.79 Å². The summed E-state index contributed by atoms with van der Waals surface area (Å²) >= 11 is 1.71. The maximum Gasteiger partial charge on any atom is 0.237 e. The SMILES string of the molecule is CSCC[C@H](N)C(=O)NC1CCN(c2ncccn2)CC1. The molecule has 1 atom stereocenters. The minimum atomic E-state index is -0.395. The van der Waals surface area contributed by atoms with Crippen molar-refractivity contribution in [3.8, 4) is 0 Å². The molecule has 6 nitrogen and oxygen atoms in total.